The lowest BCUT2D eigenvalue weighted by Gasteiger charge is -2.18. The number of halogens is 2. The summed E-state index contributed by atoms with van der Waals surface area (Å²) in [6.45, 7) is 4.80. The van der Waals surface area contributed by atoms with Gasteiger partial charge in [-0.1, -0.05) is 54.9 Å². The molecule has 1 aromatic carbocycles. The van der Waals surface area contributed by atoms with E-state index in [2.05, 4.69) is 18.8 Å². The molecule has 2 aromatic heterocycles. The van der Waals surface area contributed by atoms with E-state index in [4.69, 9.17) is 23.2 Å². The van der Waals surface area contributed by atoms with Gasteiger partial charge >= 0.3 is 0 Å². The van der Waals surface area contributed by atoms with Crippen molar-refractivity contribution >= 4 is 51.4 Å². The minimum absolute atomic E-state index is 0.0693. The van der Waals surface area contributed by atoms with E-state index in [0.717, 1.165) is 16.0 Å². The quantitative estimate of drug-likeness (QED) is 0.441. The van der Waals surface area contributed by atoms with Crippen LogP contribution in [0, 0.1) is 0 Å². The molecule has 3 aromatic rings. The van der Waals surface area contributed by atoms with Gasteiger partial charge in [0.05, 0.1) is 16.5 Å². The van der Waals surface area contributed by atoms with Crippen LogP contribution in [0.5, 0.6) is 0 Å². The first-order valence-electron chi connectivity index (χ1n) is 8.14. The Morgan fingerprint density at radius 1 is 1.27 bits per heavy atom. The van der Waals surface area contributed by atoms with Crippen LogP contribution in [0.4, 0.5) is 0 Å². The van der Waals surface area contributed by atoms with Crippen molar-refractivity contribution in [2.45, 2.75) is 31.6 Å². The zero-order valence-corrected chi connectivity index (χ0v) is 17.5. The molecule has 0 aliphatic carbocycles. The molecule has 0 aliphatic heterocycles. The SMILES string of the molecule is CC(C)c1ccsc1C(=O)SC(Cn1ccnc1)c1ccc(Cl)cc1Cl. The van der Waals surface area contributed by atoms with Crippen molar-refractivity contribution in [3.05, 3.63) is 74.4 Å². The minimum atomic E-state index is -0.136. The Bertz CT molecular complexity index is 891. The minimum Gasteiger partial charge on any atom is -0.336 e. The normalized spacial score (nSPS) is 12.5. The van der Waals surface area contributed by atoms with E-state index in [9.17, 15) is 4.79 Å². The van der Waals surface area contributed by atoms with Gasteiger partial charge in [-0.05, 0) is 40.6 Å². The molecular formula is C19H18Cl2N2OS2. The number of benzene rings is 1. The van der Waals surface area contributed by atoms with Crippen LogP contribution in [-0.2, 0) is 6.54 Å². The van der Waals surface area contributed by atoms with Crippen molar-refractivity contribution in [3.8, 4) is 0 Å². The number of carbonyl (C=O) groups excluding carboxylic acids is 1. The molecule has 0 spiro atoms. The Morgan fingerprint density at radius 3 is 2.73 bits per heavy atom. The highest BCUT2D eigenvalue weighted by Gasteiger charge is 2.24. The second-order valence-corrected chi connectivity index (χ2v) is 9.11. The van der Waals surface area contributed by atoms with Gasteiger partial charge < -0.3 is 4.57 Å². The van der Waals surface area contributed by atoms with E-state index >= 15 is 0 Å². The fourth-order valence-corrected chi connectivity index (χ4v) is 5.51. The van der Waals surface area contributed by atoms with Crippen LogP contribution < -0.4 is 0 Å². The van der Waals surface area contributed by atoms with Crippen molar-refractivity contribution in [1.82, 2.24) is 9.55 Å². The molecule has 3 nitrogen and oxygen atoms in total. The third kappa shape index (κ3) is 4.52. The number of hydrogen-bond acceptors (Lipinski definition) is 4. The Hall–Kier alpha value is -1.27. The van der Waals surface area contributed by atoms with Gasteiger partial charge in [-0.3, -0.25) is 4.79 Å². The van der Waals surface area contributed by atoms with Crippen molar-refractivity contribution in [1.29, 1.82) is 0 Å². The zero-order valence-electron chi connectivity index (χ0n) is 14.4. The van der Waals surface area contributed by atoms with Crippen LogP contribution in [0.15, 0.2) is 48.4 Å². The molecule has 0 saturated carbocycles. The van der Waals surface area contributed by atoms with Gasteiger partial charge in [0.25, 0.3) is 0 Å². The second kappa shape index (κ2) is 8.61. The van der Waals surface area contributed by atoms with Gasteiger partial charge in [-0.15, -0.1) is 11.3 Å². The van der Waals surface area contributed by atoms with Gasteiger partial charge in [0.1, 0.15) is 0 Å². The lowest BCUT2D eigenvalue weighted by molar-refractivity contribution is 0.109. The summed E-state index contributed by atoms with van der Waals surface area (Å²) in [6.07, 6.45) is 5.35. The molecule has 0 aliphatic rings. The lowest BCUT2D eigenvalue weighted by Crippen LogP contribution is -2.09. The zero-order chi connectivity index (χ0) is 18.7. The molecule has 1 unspecified atom stereocenters. The number of hydrogen-bond donors (Lipinski definition) is 0. The average molecular weight is 425 g/mol. The summed E-state index contributed by atoms with van der Waals surface area (Å²) in [5.74, 6) is 0.312. The van der Waals surface area contributed by atoms with Gasteiger partial charge in [0.15, 0.2) is 0 Å². The van der Waals surface area contributed by atoms with Crippen molar-refractivity contribution in [2.24, 2.45) is 0 Å². The predicted molar refractivity (Wildman–Crippen MR) is 112 cm³/mol. The molecular weight excluding hydrogens is 407 g/mol. The monoisotopic (exact) mass is 424 g/mol. The predicted octanol–water partition coefficient (Wildman–Crippen LogP) is 6.69. The number of rotatable bonds is 6. The first-order valence-corrected chi connectivity index (χ1v) is 10.7. The van der Waals surface area contributed by atoms with E-state index in [-0.39, 0.29) is 10.4 Å². The first kappa shape index (κ1) is 19.5. The molecule has 0 radical (unpaired) electrons. The third-order valence-corrected chi connectivity index (χ3v) is 6.72. The molecule has 0 amide bonds. The van der Waals surface area contributed by atoms with Gasteiger partial charge in [0.2, 0.25) is 5.12 Å². The maximum atomic E-state index is 13.0. The summed E-state index contributed by atoms with van der Waals surface area (Å²) >= 11 is 15.3. The fourth-order valence-electron chi connectivity index (χ4n) is 2.67. The van der Waals surface area contributed by atoms with Gasteiger partial charge in [0, 0.05) is 29.0 Å². The summed E-state index contributed by atoms with van der Waals surface area (Å²) in [5, 5.41) is 3.06. The number of thiophene rings is 1. The molecule has 0 N–H and O–H groups in total. The molecule has 3 rings (SSSR count). The molecule has 136 valence electrons. The molecule has 26 heavy (non-hydrogen) atoms. The van der Waals surface area contributed by atoms with Crippen LogP contribution >= 0.6 is 46.3 Å². The van der Waals surface area contributed by atoms with E-state index in [1.54, 1.807) is 24.7 Å². The molecule has 0 bridgehead atoms. The summed E-state index contributed by atoms with van der Waals surface area (Å²) in [7, 11) is 0. The van der Waals surface area contributed by atoms with E-state index in [1.807, 2.05) is 28.3 Å². The lowest BCUT2D eigenvalue weighted by atomic mass is 10.1. The Morgan fingerprint density at radius 2 is 2.08 bits per heavy atom. The topological polar surface area (TPSA) is 34.9 Å². The summed E-state index contributed by atoms with van der Waals surface area (Å²) in [4.78, 5) is 17.9. The van der Waals surface area contributed by atoms with E-state index in [1.165, 1.54) is 23.1 Å². The standard InChI is InChI=1S/C19H18Cl2N2OS2/c1-12(2)14-5-8-25-18(14)19(24)26-17(10-23-7-6-22-11-23)15-4-3-13(20)9-16(15)21/h3-9,11-12,17H,10H2,1-2H3. The van der Waals surface area contributed by atoms with E-state index < -0.39 is 0 Å². The smallest absolute Gasteiger partial charge is 0.230 e. The van der Waals surface area contributed by atoms with Crippen LogP contribution in [-0.4, -0.2) is 14.7 Å². The summed E-state index contributed by atoms with van der Waals surface area (Å²) < 4.78 is 1.95. The van der Waals surface area contributed by atoms with Gasteiger partial charge in [-0.25, -0.2) is 4.98 Å². The molecule has 7 heteroatoms. The van der Waals surface area contributed by atoms with Crippen LogP contribution in [0.1, 0.15) is 45.8 Å². The Labute approximate surface area is 171 Å². The van der Waals surface area contributed by atoms with Crippen molar-refractivity contribution < 1.29 is 4.79 Å². The average Bonchev–Trinajstić information content (AvgIpc) is 3.25. The number of nitrogens with zero attached hydrogens (tertiary/aromatic N) is 2. The number of imidazole rings is 1. The fraction of sp³-hybridized carbons (Fsp3) is 0.263. The first-order chi connectivity index (χ1) is 12.5. The largest absolute Gasteiger partial charge is 0.336 e. The highest BCUT2D eigenvalue weighted by Crippen LogP contribution is 2.40. The molecule has 0 fully saturated rings. The molecule has 0 saturated heterocycles. The van der Waals surface area contributed by atoms with Crippen LogP contribution in [0.3, 0.4) is 0 Å². The van der Waals surface area contributed by atoms with Crippen molar-refractivity contribution in [2.75, 3.05) is 0 Å². The van der Waals surface area contributed by atoms with Crippen molar-refractivity contribution in [3.63, 3.8) is 0 Å². The molecule has 2 heterocycles. The third-order valence-electron chi connectivity index (χ3n) is 4.00. The molecule has 1 atom stereocenters. The highest BCUT2D eigenvalue weighted by molar-refractivity contribution is 8.14. The Balaban J connectivity index is 1.90. The van der Waals surface area contributed by atoms with Crippen LogP contribution in [0.2, 0.25) is 10.0 Å². The number of thioether (sulfide) groups is 1. The second-order valence-electron chi connectivity index (χ2n) is 6.18. The Kier molecular flexibility index (Phi) is 6.46. The van der Waals surface area contributed by atoms with E-state index in [0.29, 0.717) is 22.5 Å². The maximum Gasteiger partial charge on any atom is 0.230 e. The summed E-state index contributed by atoms with van der Waals surface area (Å²) in [6, 6.07) is 7.45. The van der Waals surface area contributed by atoms with Crippen LogP contribution in [0.25, 0.3) is 0 Å². The summed E-state index contributed by atoms with van der Waals surface area (Å²) in [5.41, 5.74) is 1.99. The maximum absolute atomic E-state index is 13.0. The van der Waals surface area contributed by atoms with Gasteiger partial charge in [-0.2, -0.15) is 0 Å². The number of aromatic nitrogens is 2. The highest BCUT2D eigenvalue weighted by atomic mass is 35.5. The number of carbonyl (C=O) groups is 1.